The molecule has 0 atom stereocenters. The number of methoxy groups -OCH3 is 1. The molecule has 27 heavy (non-hydrogen) atoms. The summed E-state index contributed by atoms with van der Waals surface area (Å²) >= 11 is 0. The van der Waals surface area contributed by atoms with Gasteiger partial charge in [0.15, 0.2) is 0 Å². The van der Waals surface area contributed by atoms with Gasteiger partial charge in [0.2, 0.25) is 5.91 Å². The third-order valence-electron chi connectivity index (χ3n) is 4.66. The van der Waals surface area contributed by atoms with E-state index in [-0.39, 0.29) is 18.1 Å². The van der Waals surface area contributed by atoms with Crippen LogP contribution in [0, 0.1) is 0 Å². The largest absolute Gasteiger partial charge is 0.383 e. The van der Waals surface area contributed by atoms with Crippen LogP contribution in [0.15, 0.2) is 39.9 Å². The molecule has 0 aromatic heterocycles. The van der Waals surface area contributed by atoms with Crippen molar-refractivity contribution in [1.29, 1.82) is 0 Å². The number of benzene rings is 1. The van der Waals surface area contributed by atoms with Crippen molar-refractivity contribution in [3.8, 4) is 0 Å². The maximum atomic E-state index is 12.1. The van der Waals surface area contributed by atoms with Crippen molar-refractivity contribution in [2.75, 3.05) is 68.1 Å². The summed E-state index contributed by atoms with van der Waals surface area (Å²) in [5.74, 6) is -0.250. The number of carbonyl (C=O) groups is 1. The van der Waals surface area contributed by atoms with Gasteiger partial charge < -0.3 is 25.2 Å². The molecule has 8 heteroatoms. The number of anilines is 3. The molecule has 1 heterocycles. The van der Waals surface area contributed by atoms with E-state index in [1.54, 1.807) is 7.11 Å². The van der Waals surface area contributed by atoms with E-state index < -0.39 is 10.9 Å². The van der Waals surface area contributed by atoms with Crippen LogP contribution >= 0.6 is 0 Å². The minimum absolute atomic E-state index is 0.0501. The van der Waals surface area contributed by atoms with Gasteiger partial charge in [0.1, 0.15) is 11.4 Å². The van der Waals surface area contributed by atoms with Crippen LogP contribution in [0.5, 0.6) is 0 Å². The lowest BCUT2D eigenvalue weighted by atomic mass is 10.1. The number of nitrogens with one attached hydrogen (secondary N) is 2. The number of piperazine rings is 1. The fourth-order valence-electron chi connectivity index (χ4n) is 3.20. The molecule has 0 bridgehead atoms. The molecule has 0 spiro atoms. The van der Waals surface area contributed by atoms with E-state index in [2.05, 4.69) is 27.7 Å². The van der Waals surface area contributed by atoms with E-state index in [1.165, 1.54) is 0 Å². The molecule has 8 nitrogen and oxygen atoms in total. The van der Waals surface area contributed by atoms with Crippen molar-refractivity contribution < 1.29 is 9.53 Å². The van der Waals surface area contributed by atoms with Crippen molar-refractivity contribution in [3.63, 3.8) is 0 Å². The molecule has 1 amide bonds. The Morgan fingerprint density at radius 3 is 2.37 bits per heavy atom. The maximum absolute atomic E-state index is 12.1. The van der Waals surface area contributed by atoms with Crippen molar-refractivity contribution in [1.82, 2.24) is 5.32 Å². The van der Waals surface area contributed by atoms with Crippen LogP contribution in [0.3, 0.4) is 0 Å². The van der Waals surface area contributed by atoms with Gasteiger partial charge in [0.25, 0.3) is 10.9 Å². The lowest BCUT2D eigenvalue weighted by Crippen LogP contribution is -2.52. The topological polar surface area (TPSA) is 91.0 Å². The quantitative estimate of drug-likeness (QED) is 0.489. The highest BCUT2D eigenvalue weighted by Crippen LogP contribution is 2.23. The van der Waals surface area contributed by atoms with Gasteiger partial charge >= 0.3 is 0 Å². The number of rotatable bonds is 8. The molecular formula is C19H24N4O4. The number of nitrogens with zero attached hydrogens (tertiary/aromatic N) is 2. The molecule has 0 unspecified atom stereocenters. The van der Waals surface area contributed by atoms with Crippen molar-refractivity contribution in [2.45, 2.75) is 0 Å². The first-order valence-corrected chi connectivity index (χ1v) is 8.99. The fourth-order valence-corrected chi connectivity index (χ4v) is 3.20. The van der Waals surface area contributed by atoms with E-state index >= 15 is 0 Å². The van der Waals surface area contributed by atoms with E-state index in [9.17, 15) is 14.4 Å². The predicted octanol–water partition coefficient (Wildman–Crippen LogP) is -0.216. The fraction of sp³-hybridized carbons (Fsp3) is 0.421. The average Bonchev–Trinajstić information content (AvgIpc) is 2.71. The molecule has 3 rings (SSSR count). The highest BCUT2D eigenvalue weighted by atomic mass is 16.5. The molecule has 0 radical (unpaired) electrons. The Morgan fingerprint density at radius 1 is 1.04 bits per heavy atom. The molecular weight excluding hydrogens is 348 g/mol. The number of ether oxygens (including phenoxy) is 1. The molecule has 0 saturated carbocycles. The van der Waals surface area contributed by atoms with Crippen LogP contribution in [-0.4, -0.2) is 58.9 Å². The van der Waals surface area contributed by atoms with Gasteiger partial charge in [-0.1, -0.05) is 18.2 Å². The van der Waals surface area contributed by atoms with Gasteiger partial charge in [-0.2, -0.15) is 0 Å². The molecule has 1 aliphatic rings. The number of para-hydroxylation sites is 1. The van der Waals surface area contributed by atoms with Gasteiger partial charge in [0.05, 0.1) is 13.2 Å². The van der Waals surface area contributed by atoms with Gasteiger partial charge in [-0.15, -0.1) is 0 Å². The van der Waals surface area contributed by atoms with Gasteiger partial charge in [-0.25, -0.2) is 0 Å². The first kappa shape index (κ1) is 18.9. The summed E-state index contributed by atoms with van der Waals surface area (Å²) in [4.78, 5) is 39.9. The number of hydrogen-bond donors (Lipinski definition) is 2. The van der Waals surface area contributed by atoms with Gasteiger partial charge in [0, 0.05) is 45.5 Å². The van der Waals surface area contributed by atoms with Gasteiger partial charge in [-0.3, -0.25) is 14.4 Å². The zero-order chi connectivity index (χ0) is 19.2. The standard InChI is InChI=1S/C19H24N4O4/c1-27-12-7-20-15(24)13-21-16-17(19(26)18(16)25)23-10-8-22(9-11-23)14-5-3-2-4-6-14/h2-6,21H,7-13H2,1H3,(H,20,24). The van der Waals surface area contributed by atoms with Gasteiger partial charge in [-0.05, 0) is 12.1 Å². The van der Waals surface area contributed by atoms with Crippen LogP contribution in [-0.2, 0) is 9.53 Å². The second-order valence-electron chi connectivity index (χ2n) is 6.39. The molecule has 0 aliphatic carbocycles. The maximum Gasteiger partial charge on any atom is 0.253 e. The normalized spacial score (nSPS) is 14.4. The zero-order valence-corrected chi connectivity index (χ0v) is 15.4. The van der Waals surface area contributed by atoms with Crippen LogP contribution in [0.4, 0.5) is 17.1 Å². The van der Waals surface area contributed by atoms with Crippen LogP contribution < -0.4 is 31.3 Å². The molecule has 1 fully saturated rings. The summed E-state index contributed by atoms with van der Waals surface area (Å²) in [6.45, 7) is 3.59. The van der Waals surface area contributed by atoms with E-state index in [4.69, 9.17) is 4.74 Å². The molecule has 1 saturated heterocycles. The van der Waals surface area contributed by atoms with Crippen LogP contribution in [0.1, 0.15) is 0 Å². The summed E-state index contributed by atoms with van der Waals surface area (Å²) in [6, 6.07) is 10.1. The Balaban J connectivity index is 1.57. The van der Waals surface area contributed by atoms with Crippen molar-refractivity contribution >= 4 is 23.0 Å². The van der Waals surface area contributed by atoms with Crippen molar-refractivity contribution in [2.24, 2.45) is 0 Å². The van der Waals surface area contributed by atoms with E-state index in [0.717, 1.165) is 18.8 Å². The number of amides is 1. The highest BCUT2D eigenvalue weighted by molar-refractivity contribution is 5.84. The first-order valence-electron chi connectivity index (χ1n) is 8.99. The van der Waals surface area contributed by atoms with Crippen molar-refractivity contribution in [3.05, 3.63) is 50.8 Å². The number of carbonyl (C=O) groups excluding carboxylic acids is 1. The highest BCUT2D eigenvalue weighted by Gasteiger charge is 2.28. The smallest absolute Gasteiger partial charge is 0.253 e. The predicted molar refractivity (Wildman–Crippen MR) is 106 cm³/mol. The molecule has 2 aromatic rings. The molecule has 144 valence electrons. The minimum atomic E-state index is -0.555. The summed E-state index contributed by atoms with van der Waals surface area (Å²) in [6.07, 6.45) is 0. The summed E-state index contributed by atoms with van der Waals surface area (Å²) in [7, 11) is 1.55. The second-order valence-corrected chi connectivity index (χ2v) is 6.39. The summed E-state index contributed by atoms with van der Waals surface area (Å²) in [5, 5.41) is 5.48. The third-order valence-corrected chi connectivity index (χ3v) is 4.66. The Hall–Kier alpha value is -2.87. The molecule has 2 N–H and O–H groups in total. The Labute approximate surface area is 157 Å². The summed E-state index contributed by atoms with van der Waals surface area (Å²) < 4.78 is 4.86. The lowest BCUT2D eigenvalue weighted by molar-refractivity contribution is -0.119. The van der Waals surface area contributed by atoms with Crippen LogP contribution in [0.25, 0.3) is 0 Å². The Morgan fingerprint density at radius 2 is 1.70 bits per heavy atom. The Bertz CT molecular complexity index is 837. The average molecular weight is 372 g/mol. The summed E-state index contributed by atoms with van der Waals surface area (Å²) in [5.41, 5.74) is 0.756. The number of hydrogen-bond acceptors (Lipinski definition) is 7. The van der Waals surface area contributed by atoms with E-state index in [1.807, 2.05) is 23.1 Å². The monoisotopic (exact) mass is 372 g/mol. The minimum Gasteiger partial charge on any atom is -0.383 e. The van der Waals surface area contributed by atoms with Crippen LogP contribution in [0.2, 0.25) is 0 Å². The van der Waals surface area contributed by atoms with E-state index in [0.29, 0.717) is 31.9 Å². The first-order chi connectivity index (χ1) is 13.1. The Kier molecular flexibility index (Phi) is 6.08. The second kappa shape index (κ2) is 8.68. The SMILES string of the molecule is COCCNC(=O)CNc1c(N2CCN(c3ccccc3)CC2)c(=O)c1=O. The molecule has 1 aliphatic heterocycles. The third kappa shape index (κ3) is 4.28. The lowest BCUT2D eigenvalue weighted by Gasteiger charge is -2.38. The zero-order valence-electron chi connectivity index (χ0n) is 15.4. The molecule has 2 aromatic carbocycles.